The molecule has 0 bridgehead atoms. The molecular formula is C16H20N2O3S2. The first-order valence-electron chi connectivity index (χ1n) is 7.66. The maximum absolute atomic E-state index is 12.0. The minimum atomic E-state index is -3.03. The van der Waals surface area contributed by atoms with Crippen molar-refractivity contribution in [3.05, 3.63) is 29.3 Å². The van der Waals surface area contributed by atoms with E-state index in [1.54, 1.807) is 6.92 Å². The average molecular weight is 352 g/mol. The maximum Gasteiger partial charge on any atom is 0.247 e. The number of carbonyl (C=O) groups excluding carboxylic acids is 1. The molecule has 7 heteroatoms. The van der Waals surface area contributed by atoms with E-state index in [1.807, 2.05) is 36.9 Å². The first kappa shape index (κ1) is 16.5. The summed E-state index contributed by atoms with van der Waals surface area (Å²) in [6.07, 6.45) is 0.346. The number of sulfone groups is 1. The number of amidine groups is 1. The van der Waals surface area contributed by atoms with Crippen molar-refractivity contribution in [2.45, 2.75) is 38.5 Å². The molecule has 0 aromatic heterocycles. The topological polar surface area (TPSA) is 66.8 Å². The highest BCUT2D eigenvalue weighted by Crippen LogP contribution is 2.42. The Morgan fingerprint density at radius 1 is 1.35 bits per heavy atom. The van der Waals surface area contributed by atoms with Gasteiger partial charge in [0.15, 0.2) is 15.0 Å². The van der Waals surface area contributed by atoms with Crippen LogP contribution in [0.15, 0.2) is 23.2 Å². The van der Waals surface area contributed by atoms with Gasteiger partial charge in [-0.2, -0.15) is 4.99 Å². The van der Waals surface area contributed by atoms with Gasteiger partial charge in [-0.15, -0.1) is 0 Å². The van der Waals surface area contributed by atoms with Gasteiger partial charge in [-0.1, -0.05) is 30.8 Å². The largest absolute Gasteiger partial charge is 0.315 e. The summed E-state index contributed by atoms with van der Waals surface area (Å²) in [5, 5.41) is 0.582. The number of rotatable bonds is 2. The molecule has 23 heavy (non-hydrogen) atoms. The van der Waals surface area contributed by atoms with Crippen LogP contribution in [0.5, 0.6) is 0 Å². The number of thioether (sulfide) groups is 1. The summed E-state index contributed by atoms with van der Waals surface area (Å²) in [4.78, 5) is 18.0. The van der Waals surface area contributed by atoms with Gasteiger partial charge in [0.2, 0.25) is 5.91 Å². The van der Waals surface area contributed by atoms with E-state index in [2.05, 4.69) is 4.99 Å². The summed E-state index contributed by atoms with van der Waals surface area (Å²) in [6, 6.07) is 5.94. The van der Waals surface area contributed by atoms with Crippen molar-refractivity contribution in [1.29, 1.82) is 0 Å². The maximum atomic E-state index is 12.0. The fourth-order valence-corrected chi connectivity index (χ4v) is 6.94. The van der Waals surface area contributed by atoms with E-state index in [0.717, 1.165) is 16.8 Å². The average Bonchev–Trinajstić information content (AvgIpc) is 2.92. The number of fused-ring (bicyclic) bond motifs is 1. The third kappa shape index (κ3) is 3.17. The smallest absolute Gasteiger partial charge is 0.247 e. The Hall–Kier alpha value is -1.34. The van der Waals surface area contributed by atoms with Crippen LogP contribution < -0.4 is 4.90 Å². The van der Waals surface area contributed by atoms with Gasteiger partial charge in [0.05, 0.1) is 17.5 Å². The number of aryl methyl sites for hydroxylation is 2. The van der Waals surface area contributed by atoms with Gasteiger partial charge in [-0.25, -0.2) is 8.42 Å². The minimum absolute atomic E-state index is 0.0525. The highest BCUT2D eigenvalue weighted by atomic mass is 32.2. The summed E-state index contributed by atoms with van der Waals surface area (Å²) in [7, 11) is -3.03. The predicted molar refractivity (Wildman–Crippen MR) is 94.9 cm³/mol. The van der Waals surface area contributed by atoms with Crippen molar-refractivity contribution in [2.24, 2.45) is 4.99 Å². The van der Waals surface area contributed by atoms with Crippen LogP contribution in [0.2, 0.25) is 0 Å². The number of hydrogen-bond acceptors (Lipinski definition) is 4. The van der Waals surface area contributed by atoms with Crippen molar-refractivity contribution in [3.8, 4) is 0 Å². The third-order valence-electron chi connectivity index (χ3n) is 4.21. The lowest BCUT2D eigenvalue weighted by Gasteiger charge is -2.26. The first-order chi connectivity index (χ1) is 10.8. The van der Waals surface area contributed by atoms with Gasteiger partial charge in [-0.3, -0.25) is 4.79 Å². The van der Waals surface area contributed by atoms with E-state index in [9.17, 15) is 13.2 Å². The highest BCUT2D eigenvalue weighted by Gasteiger charge is 2.49. The van der Waals surface area contributed by atoms with Crippen LogP contribution in [0, 0.1) is 13.8 Å². The Bertz CT molecular complexity index is 787. The van der Waals surface area contributed by atoms with E-state index in [0.29, 0.717) is 11.6 Å². The summed E-state index contributed by atoms with van der Waals surface area (Å²) in [5.74, 6) is 0.103. The third-order valence-corrected chi connectivity index (χ3v) is 7.42. The van der Waals surface area contributed by atoms with Gasteiger partial charge in [0.25, 0.3) is 0 Å². The van der Waals surface area contributed by atoms with Gasteiger partial charge < -0.3 is 4.90 Å². The van der Waals surface area contributed by atoms with Crippen molar-refractivity contribution in [2.75, 3.05) is 16.4 Å². The van der Waals surface area contributed by atoms with Crippen LogP contribution in [0.1, 0.15) is 24.5 Å². The molecule has 5 nitrogen and oxygen atoms in total. The van der Waals surface area contributed by atoms with Gasteiger partial charge in [0.1, 0.15) is 0 Å². The molecule has 2 heterocycles. The fourth-order valence-electron chi connectivity index (χ4n) is 3.01. The van der Waals surface area contributed by atoms with E-state index in [-0.39, 0.29) is 28.7 Å². The molecule has 124 valence electrons. The fraction of sp³-hybridized carbons (Fsp3) is 0.500. The molecule has 1 aromatic rings. The second-order valence-electron chi connectivity index (χ2n) is 6.10. The Morgan fingerprint density at radius 2 is 2.09 bits per heavy atom. The zero-order chi connectivity index (χ0) is 16.8. The molecule has 2 aliphatic heterocycles. The number of benzene rings is 1. The highest BCUT2D eigenvalue weighted by molar-refractivity contribution is 8.16. The molecule has 1 amide bonds. The Labute approximate surface area is 141 Å². The minimum Gasteiger partial charge on any atom is -0.315 e. The lowest BCUT2D eigenvalue weighted by Crippen LogP contribution is -2.38. The number of amides is 1. The van der Waals surface area contributed by atoms with Crippen LogP contribution in [-0.4, -0.2) is 42.3 Å². The van der Waals surface area contributed by atoms with Crippen molar-refractivity contribution in [1.82, 2.24) is 0 Å². The van der Waals surface area contributed by atoms with Crippen molar-refractivity contribution >= 4 is 38.4 Å². The van der Waals surface area contributed by atoms with E-state index >= 15 is 0 Å². The lowest BCUT2D eigenvalue weighted by molar-refractivity contribution is -0.117. The zero-order valence-electron chi connectivity index (χ0n) is 13.4. The van der Waals surface area contributed by atoms with Crippen molar-refractivity contribution in [3.63, 3.8) is 0 Å². The van der Waals surface area contributed by atoms with E-state index < -0.39 is 9.84 Å². The molecule has 3 rings (SSSR count). The molecule has 0 N–H and O–H groups in total. The number of aliphatic imine (C=N–C) groups is 1. The summed E-state index contributed by atoms with van der Waals surface area (Å²) >= 11 is 1.42. The van der Waals surface area contributed by atoms with Gasteiger partial charge in [0, 0.05) is 17.4 Å². The lowest BCUT2D eigenvalue weighted by atomic mass is 10.1. The predicted octanol–water partition coefficient (Wildman–Crippen LogP) is 2.31. The second-order valence-corrected chi connectivity index (χ2v) is 9.46. The second kappa shape index (κ2) is 5.94. The first-order valence-corrected chi connectivity index (χ1v) is 10.4. The Kier molecular flexibility index (Phi) is 4.27. The number of carbonyl (C=O) groups is 1. The number of nitrogens with zero attached hydrogens (tertiary/aromatic N) is 2. The molecule has 2 aliphatic rings. The molecule has 2 saturated heterocycles. The molecule has 0 spiro atoms. The van der Waals surface area contributed by atoms with Crippen LogP contribution in [-0.2, 0) is 14.6 Å². The molecule has 0 unspecified atom stereocenters. The molecule has 1 aromatic carbocycles. The van der Waals surface area contributed by atoms with Crippen LogP contribution in [0.3, 0.4) is 0 Å². The van der Waals surface area contributed by atoms with Crippen molar-refractivity contribution < 1.29 is 13.2 Å². The van der Waals surface area contributed by atoms with Gasteiger partial charge >= 0.3 is 0 Å². The van der Waals surface area contributed by atoms with E-state index in [1.165, 1.54) is 11.8 Å². The molecular weight excluding hydrogens is 332 g/mol. The SMILES string of the molecule is CCC(=O)N=C1S[C@H]2CS(=O)(=O)C[C@H]2N1c1cc(C)ccc1C. The Morgan fingerprint density at radius 3 is 2.78 bits per heavy atom. The number of anilines is 1. The quantitative estimate of drug-likeness (QED) is 0.817. The van der Waals surface area contributed by atoms with Gasteiger partial charge in [-0.05, 0) is 31.0 Å². The number of hydrogen-bond donors (Lipinski definition) is 0. The molecule has 2 atom stereocenters. The van der Waals surface area contributed by atoms with Crippen LogP contribution in [0.25, 0.3) is 0 Å². The molecule has 0 aliphatic carbocycles. The zero-order valence-corrected chi connectivity index (χ0v) is 15.1. The normalized spacial score (nSPS) is 27.4. The monoisotopic (exact) mass is 352 g/mol. The van der Waals surface area contributed by atoms with E-state index in [4.69, 9.17) is 0 Å². The summed E-state index contributed by atoms with van der Waals surface area (Å²) in [5.41, 5.74) is 3.10. The summed E-state index contributed by atoms with van der Waals surface area (Å²) < 4.78 is 24.0. The molecule has 2 fully saturated rings. The molecule has 0 saturated carbocycles. The summed E-state index contributed by atoms with van der Waals surface area (Å²) in [6.45, 7) is 5.78. The standard InChI is InChI=1S/C16H20N2O3S2/c1-4-15(19)17-16-18(12-7-10(2)5-6-11(12)3)13-8-23(20,21)9-14(13)22-16/h5-7,13-14H,4,8-9H2,1-3H3/t13-,14+/m1/s1. The molecule has 0 radical (unpaired) electrons. The van der Waals surface area contributed by atoms with Crippen LogP contribution in [0.4, 0.5) is 5.69 Å². The Balaban J connectivity index is 2.08. The van der Waals surface area contributed by atoms with Crippen LogP contribution >= 0.6 is 11.8 Å².